The molecule has 0 fully saturated rings. The van der Waals surface area contributed by atoms with Gasteiger partial charge in [-0.05, 0) is 39.8 Å². The molecule has 0 unspecified atom stereocenters. The molecule has 1 atom stereocenters. The van der Waals surface area contributed by atoms with Crippen LogP contribution in [0.3, 0.4) is 0 Å². The monoisotopic (exact) mass is 355 g/mol. The first-order chi connectivity index (χ1) is 12.4. The van der Waals surface area contributed by atoms with Crippen molar-refractivity contribution in [2.75, 3.05) is 13.6 Å². The zero-order valence-electron chi connectivity index (χ0n) is 16.4. The van der Waals surface area contributed by atoms with Gasteiger partial charge in [-0.15, -0.1) is 0 Å². The van der Waals surface area contributed by atoms with Crippen molar-refractivity contribution in [1.82, 2.24) is 24.3 Å². The minimum atomic E-state index is -0.294. The van der Waals surface area contributed by atoms with E-state index in [2.05, 4.69) is 47.1 Å². The fourth-order valence-electron chi connectivity index (χ4n) is 3.67. The summed E-state index contributed by atoms with van der Waals surface area (Å²) in [5, 5.41) is 0. The van der Waals surface area contributed by atoms with Gasteiger partial charge in [-0.2, -0.15) is 0 Å². The van der Waals surface area contributed by atoms with Gasteiger partial charge in [-0.1, -0.05) is 6.07 Å². The zero-order chi connectivity index (χ0) is 18.8. The standard InChI is InChI=1S/C20H29N5O/c1-14(2)24-11-9-17-18(25(13-22-17)15(3)4)19(24)20(26)23(5)12-16-8-6-7-10-21-16/h6-8,10,13-15,19H,9,11-12H2,1-5H3/t19-/m1/s1. The predicted molar refractivity (Wildman–Crippen MR) is 102 cm³/mol. The topological polar surface area (TPSA) is 54.3 Å². The van der Waals surface area contributed by atoms with Crippen LogP contribution in [0.2, 0.25) is 0 Å². The van der Waals surface area contributed by atoms with E-state index in [0.717, 1.165) is 30.0 Å². The van der Waals surface area contributed by atoms with Crippen LogP contribution >= 0.6 is 0 Å². The number of likely N-dealkylation sites (N-methyl/N-ethyl adjacent to an activating group) is 1. The van der Waals surface area contributed by atoms with Gasteiger partial charge < -0.3 is 9.47 Å². The molecule has 0 aromatic carbocycles. The normalized spacial score (nSPS) is 17.6. The highest BCUT2D eigenvalue weighted by Crippen LogP contribution is 2.34. The minimum absolute atomic E-state index is 0.104. The van der Waals surface area contributed by atoms with Crippen molar-refractivity contribution < 1.29 is 4.79 Å². The Kier molecular flexibility index (Phi) is 5.41. The van der Waals surface area contributed by atoms with Crippen LogP contribution in [0.25, 0.3) is 0 Å². The zero-order valence-corrected chi connectivity index (χ0v) is 16.4. The number of rotatable bonds is 5. The van der Waals surface area contributed by atoms with Crippen molar-refractivity contribution in [3.8, 4) is 0 Å². The third-order valence-corrected chi connectivity index (χ3v) is 5.06. The average Bonchev–Trinajstić information content (AvgIpc) is 3.05. The first-order valence-corrected chi connectivity index (χ1v) is 9.36. The van der Waals surface area contributed by atoms with E-state index in [9.17, 15) is 4.79 Å². The van der Waals surface area contributed by atoms with E-state index < -0.39 is 0 Å². The lowest BCUT2D eigenvalue weighted by Crippen LogP contribution is -2.48. The smallest absolute Gasteiger partial charge is 0.246 e. The maximum absolute atomic E-state index is 13.5. The third kappa shape index (κ3) is 3.51. The lowest BCUT2D eigenvalue weighted by atomic mass is 9.98. The molecular formula is C20H29N5O. The van der Waals surface area contributed by atoms with Crippen LogP contribution in [0, 0.1) is 0 Å². The highest BCUT2D eigenvalue weighted by atomic mass is 16.2. The predicted octanol–water partition coefficient (Wildman–Crippen LogP) is 2.83. The van der Waals surface area contributed by atoms with Gasteiger partial charge in [0, 0.05) is 38.3 Å². The SMILES string of the molecule is CC(C)N1CCc2ncn(C(C)C)c2[C@@H]1C(=O)N(C)Cc1ccccn1. The Hall–Kier alpha value is -2.21. The molecule has 2 aromatic heterocycles. The van der Waals surface area contributed by atoms with Gasteiger partial charge in [-0.25, -0.2) is 4.98 Å². The first-order valence-electron chi connectivity index (χ1n) is 9.36. The fourth-order valence-corrected chi connectivity index (χ4v) is 3.67. The Morgan fingerprint density at radius 3 is 2.62 bits per heavy atom. The Morgan fingerprint density at radius 1 is 1.23 bits per heavy atom. The highest BCUT2D eigenvalue weighted by molar-refractivity contribution is 5.83. The summed E-state index contributed by atoms with van der Waals surface area (Å²) in [6, 6.07) is 6.06. The molecular weight excluding hydrogens is 326 g/mol. The van der Waals surface area contributed by atoms with E-state index >= 15 is 0 Å². The first kappa shape index (κ1) is 18.6. The molecule has 0 aliphatic carbocycles. The molecule has 1 amide bonds. The number of hydrogen-bond donors (Lipinski definition) is 0. The van der Waals surface area contributed by atoms with Crippen LogP contribution in [-0.2, 0) is 17.8 Å². The molecule has 3 rings (SSSR count). The van der Waals surface area contributed by atoms with Crippen molar-refractivity contribution in [3.63, 3.8) is 0 Å². The quantitative estimate of drug-likeness (QED) is 0.828. The van der Waals surface area contributed by atoms with Gasteiger partial charge in [0.15, 0.2) is 0 Å². The largest absolute Gasteiger partial charge is 0.338 e. The lowest BCUT2D eigenvalue weighted by Gasteiger charge is -2.40. The number of carbonyl (C=O) groups excluding carboxylic acids is 1. The van der Waals surface area contributed by atoms with Crippen molar-refractivity contribution in [1.29, 1.82) is 0 Å². The van der Waals surface area contributed by atoms with E-state index in [1.54, 1.807) is 11.1 Å². The molecule has 0 spiro atoms. The number of fused-ring (bicyclic) bond motifs is 1. The van der Waals surface area contributed by atoms with Gasteiger partial charge in [0.05, 0.1) is 30.0 Å². The van der Waals surface area contributed by atoms with E-state index in [1.807, 2.05) is 31.6 Å². The second kappa shape index (κ2) is 7.58. The summed E-state index contributed by atoms with van der Waals surface area (Å²) in [5.41, 5.74) is 3.01. The number of hydrogen-bond acceptors (Lipinski definition) is 4. The van der Waals surface area contributed by atoms with Crippen molar-refractivity contribution >= 4 is 5.91 Å². The summed E-state index contributed by atoms with van der Waals surface area (Å²) in [7, 11) is 1.86. The summed E-state index contributed by atoms with van der Waals surface area (Å²) >= 11 is 0. The molecule has 2 aromatic rings. The number of amides is 1. The van der Waals surface area contributed by atoms with E-state index in [1.165, 1.54) is 0 Å². The molecule has 0 radical (unpaired) electrons. The molecule has 0 saturated heterocycles. The Bertz CT molecular complexity index is 753. The van der Waals surface area contributed by atoms with Crippen molar-refractivity contribution in [2.24, 2.45) is 0 Å². The fraction of sp³-hybridized carbons (Fsp3) is 0.550. The number of pyridine rings is 1. The van der Waals surface area contributed by atoms with E-state index in [4.69, 9.17) is 0 Å². The van der Waals surface area contributed by atoms with Gasteiger partial charge in [0.2, 0.25) is 5.91 Å². The van der Waals surface area contributed by atoms with Gasteiger partial charge in [-0.3, -0.25) is 14.7 Å². The molecule has 0 saturated carbocycles. The molecule has 6 nitrogen and oxygen atoms in total. The van der Waals surface area contributed by atoms with E-state index in [0.29, 0.717) is 6.54 Å². The number of nitrogens with zero attached hydrogens (tertiary/aromatic N) is 5. The number of imidazole rings is 1. The average molecular weight is 355 g/mol. The molecule has 140 valence electrons. The van der Waals surface area contributed by atoms with Crippen LogP contribution in [0.4, 0.5) is 0 Å². The van der Waals surface area contributed by atoms with Gasteiger partial charge >= 0.3 is 0 Å². The van der Waals surface area contributed by atoms with Crippen LogP contribution in [0.5, 0.6) is 0 Å². The Labute approximate surface area is 155 Å². The van der Waals surface area contributed by atoms with Crippen LogP contribution in [0.15, 0.2) is 30.7 Å². The van der Waals surface area contributed by atoms with Crippen LogP contribution < -0.4 is 0 Å². The summed E-state index contributed by atoms with van der Waals surface area (Å²) < 4.78 is 2.15. The van der Waals surface area contributed by atoms with Crippen LogP contribution in [-0.4, -0.2) is 49.9 Å². The van der Waals surface area contributed by atoms with Gasteiger partial charge in [0.1, 0.15) is 6.04 Å². The molecule has 1 aliphatic rings. The van der Waals surface area contributed by atoms with Crippen LogP contribution in [0.1, 0.15) is 56.9 Å². The van der Waals surface area contributed by atoms with Gasteiger partial charge in [0.25, 0.3) is 0 Å². The van der Waals surface area contributed by atoms with E-state index in [-0.39, 0.29) is 24.0 Å². The molecule has 3 heterocycles. The third-order valence-electron chi connectivity index (χ3n) is 5.06. The maximum Gasteiger partial charge on any atom is 0.246 e. The second-order valence-corrected chi connectivity index (χ2v) is 7.58. The lowest BCUT2D eigenvalue weighted by molar-refractivity contribution is -0.138. The molecule has 0 bridgehead atoms. The molecule has 1 aliphatic heterocycles. The number of carbonyl (C=O) groups is 1. The summed E-state index contributed by atoms with van der Waals surface area (Å²) in [6.07, 6.45) is 4.54. The summed E-state index contributed by atoms with van der Waals surface area (Å²) in [6.45, 7) is 9.94. The summed E-state index contributed by atoms with van der Waals surface area (Å²) in [5.74, 6) is 0.104. The van der Waals surface area contributed by atoms with Crippen molar-refractivity contribution in [2.45, 2.75) is 58.8 Å². The molecule has 6 heteroatoms. The Balaban J connectivity index is 1.94. The second-order valence-electron chi connectivity index (χ2n) is 7.58. The molecule has 26 heavy (non-hydrogen) atoms. The minimum Gasteiger partial charge on any atom is -0.338 e. The maximum atomic E-state index is 13.5. The summed E-state index contributed by atoms with van der Waals surface area (Å²) in [4.78, 5) is 26.5. The highest BCUT2D eigenvalue weighted by Gasteiger charge is 2.39. The van der Waals surface area contributed by atoms with Crippen molar-refractivity contribution in [3.05, 3.63) is 47.8 Å². The number of aromatic nitrogens is 3. The molecule has 0 N–H and O–H groups in total. The Morgan fingerprint density at radius 2 is 2.00 bits per heavy atom.